The van der Waals surface area contributed by atoms with Crippen LogP contribution in [0.4, 0.5) is 10.2 Å². The highest BCUT2D eigenvalue weighted by Crippen LogP contribution is 2.31. The molecular weight excluding hydrogens is 461 g/mol. The van der Waals surface area contributed by atoms with E-state index in [4.69, 9.17) is 22.3 Å². The lowest BCUT2D eigenvalue weighted by atomic mass is 9.94. The molecule has 0 bridgehead atoms. The van der Waals surface area contributed by atoms with Crippen molar-refractivity contribution in [1.82, 2.24) is 19.6 Å². The van der Waals surface area contributed by atoms with Gasteiger partial charge in [0, 0.05) is 36.1 Å². The Morgan fingerprint density at radius 1 is 1.27 bits per heavy atom. The van der Waals surface area contributed by atoms with Gasteiger partial charge in [0.15, 0.2) is 0 Å². The van der Waals surface area contributed by atoms with E-state index in [1.165, 1.54) is 12.1 Å². The van der Waals surface area contributed by atoms with Crippen LogP contribution in [0.5, 0.6) is 0 Å². The molecule has 6 nitrogen and oxygen atoms in total. The van der Waals surface area contributed by atoms with Gasteiger partial charge in [0.05, 0.1) is 17.5 Å². The van der Waals surface area contributed by atoms with E-state index in [1.807, 2.05) is 6.07 Å². The van der Waals surface area contributed by atoms with E-state index >= 15 is 0 Å². The second-order valence-corrected chi connectivity index (χ2v) is 9.24. The number of amides is 1. The smallest absolute Gasteiger partial charge is 0.254 e. The number of anilines is 1. The summed E-state index contributed by atoms with van der Waals surface area (Å²) in [4.78, 5) is 21.5. The summed E-state index contributed by atoms with van der Waals surface area (Å²) in [5.74, 6) is -0.622. The number of benzene rings is 2. The Bertz CT molecular complexity index is 1150. The second kappa shape index (κ2) is 10.5. The minimum absolute atomic E-state index is 0.0482. The first-order valence-corrected chi connectivity index (χ1v) is 12.2. The first-order valence-electron chi connectivity index (χ1n) is 10.7. The highest BCUT2D eigenvalue weighted by atomic mass is 35.5. The summed E-state index contributed by atoms with van der Waals surface area (Å²) in [7, 11) is 0. The number of halogens is 2. The molecule has 0 saturated carbocycles. The number of aromatic nitrogens is 2. The van der Waals surface area contributed by atoms with Gasteiger partial charge in [-0.05, 0) is 48.9 Å². The molecule has 0 unspecified atom stereocenters. The summed E-state index contributed by atoms with van der Waals surface area (Å²) in [5.41, 5.74) is 8.64. The molecule has 1 aliphatic heterocycles. The first kappa shape index (κ1) is 23.5. The molecule has 3 aromatic rings. The molecule has 33 heavy (non-hydrogen) atoms. The minimum Gasteiger partial charge on any atom is -0.382 e. The maximum Gasteiger partial charge on any atom is 0.254 e. The van der Waals surface area contributed by atoms with Crippen LogP contribution in [0, 0.1) is 5.82 Å². The zero-order valence-corrected chi connectivity index (χ0v) is 19.8. The van der Waals surface area contributed by atoms with E-state index in [9.17, 15) is 9.18 Å². The number of carbonyl (C=O) groups excluding carboxylic acids is 1. The largest absolute Gasteiger partial charge is 0.382 e. The Morgan fingerprint density at radius 2 is 2.06 bits per heavy atom. The van der Waals surface area contributed by atoms with Crippen LogP contribution in [-0.4, -0.2) is 39.5 Å². The summed E-state index contributed by atoms with van der Waals surface area (Å²) < 4.78 is 17.2. The van der Waals surface area contributed by atoms with E-state index in [2.05, 4.69) is 20.9 Å². The number of hydrogen-bond donors (Lipinski definition) is 2. The molecule has 0 radical (unpaired) electrons. The Kier molecular flexibility index (Phi) is 7.47. The second-order valence-electron chi connectivity index (χ2n) is 7.92. The number of rotatable bonds is 6. The predicted octanol–water partition coefficient (Wildman–Crippen LogP) is 4.91. The number of nitrogens with two attached hydrogens (primary N) is 1. The van der Waals surface area contributed by atoms with Gasteiger partial charge in [-0.3, -0.25) is 9.10 Å². The molecule has 1 amide bonds. The Morgan fingerprint density at radius 3 is 2.76 bits per heavy atom. The average molecular weight is 486 g/mol. The maximum atomic E-state index is 14.9. The molecule has 0 atom stereocenters. The van der Waals surface area contributed by atoms with Crippen molar-refractivity contribution in [2.24, 2.45) is 0 Å². The van der Waals surface area contributed by atoms with Crippen LogP contribution in [0.15, 0.2) is 48.7 Å². The lowest BCUT2D eigenvalue weighted by Crippen LogP contribution is -2.27. The predicted molar refractivity (Wildman–Crippen MR) is 132 cm³/mol. The van der Waals surface area contributed by atoms with Crippen LogP contribution >= 0.6 is 23.5 Å². The molecular formula is C24H25ClFN5OS. The average Bonchev–Trinajstić information content (AvgIpc) is 2.83. The Balaban J connectivity index is 1.49. The topological polar surface area (TPSA) is 84.1 Å². The standard InChI is InChI=1S/C24H25ClFN5OS/c1-33-31-9-7-16(8-10-31)21-14-28-23(27)22(30-21)17-5-6-19(20(26)12-17)24(32)29-13-15-3-2-4-18(25)11-15/h2-6,11-12,14,16H,7-10,13H2,1H3,(H2,27,28)(H,29,32). The molecule has 1 saturated heterocycles. The third-order valence-electron chi connectivity index (χ3n) is 5.78. The van der Waals surface area contributed by atoms with E-state index in [-0.39, 0.29) is 17.9 Å². The Labute approximate surface area is 201 Å². The van der Waals surface area contributed by atoms with E-state index in [0.717, 1.165) is 37.2 Å². The fourth-order valence-electron chi connectivity index (χ4n) is 3.93. The van der Waals surface area contributed by atoms with Crippen molar-refractivity contribution in [2.45, 2.75) is 25.3 Å². The first-order chi connectivity index (χ1) is 15.9. The van der Waals surface area contributed by atoms with Crippen LogP contribution in [0.25, 0.3) is 11.3 Å². The van der Waals surface area contributed by atoms with E-state index in [1.54, 1.807) is 42.4 Å². The van der Waals surface area contributed by atoms with Crippen molar-refractivity contribution in [1.29, 1.82) is 0 Å². The number of nitrogens with zero attached hydrogens (tertiary/aromatic N) is 3. The summed E-state index contributed by atoms with van der Waals surface area (Å²) in [6.45, 7) is 2.22. The number of piperidine rings is 1. The van der Waals surface area contributed by atoms with Crippen molar-refractivity contribution in [2.75, 3.05) is 25.1 Å². The molecule has 9 heteroatoms. The van der Waals surface area contributed by atoms with Gasteiger partial charge in [0.25, 0.3) is 5.91 Å². The zero-order chi connectivity index (χ0) is 23.4. The number of nitrogen functional groups attached to an aromatic ring is 1. The number of carbonyl (C=O) groups is 1. The maximum absolute atomic E-state index is 14.9. The summed E-state index contributed by atoms with van der Waals surface area (Å²) >= 11 is 7.72. The lowest BCUT2D eigenvalue weighted by molar-refractivity contribution is 0.0947. The van der Waals surface area contributed by atoms with Crippen LogP contribution in [-0.2, 0) is 6.54 Å². The van der Waals surface area contributed by atoms with Crippen molar-refractivity contribution in [3.63, 3.8) is 0 Å². The number of hydrogen-bond acceptors (Lipinski definition) is 6. The van der Waals surface area contributed by atoms with Crippen molar-refractivity contribution >= 4 is 35.3 Å². The number of nitrogens with one attached hydrogen (secondary N) is 1. The minimum atomic E-state index is -0.643. The fourth-order valence-corrected chi connectivity index (χ4v) is 4.72. The molecule has 0 spiro atoms. The third-order valence-corrected chi connectivity index (χ3v) is 6.90. The molecule has 3 N–H and O–H groups in total. The lowest BCUT2D eigenvalue weighted by Gasteiger charge is -2.29. The monoisotopic (exact) mass is 485 g/mol. The molecule has 2 heterocycles. The summed E-state index contributed by atoms with van der Waals surface area (Å²) in [5, 5.41) is 3.30. The molecule has 172 valence electrons. The van der Waals surface area contributed by atoms with Gasteiger partial charge in [-0.2, -0.15) is 0 Å². The van der Waals surface area contributed by atoms with Crippen molar-refractivity contribution in [3.05, 3.63) is 76.3 Å². The quantitative estimate of drug-likeness (QED) is 0.483. The fraction of sp³-hybridized carbons (Fsp3) is 0.292. The van der Waals surface area contributed by atoms with Crippen molar-refractivity contribution < 1.29 is 9.18 Å². The molecule has 2 aromatic carbocycles. The van der Waals surface area contributed by atoms with Crippen LogP contribution in [0.1, 0.15) is 40.4 Å². The van der Waals surface area contributed by atoms with Gasteiger partial charge < -0.3 is 11.1 Å². The highest BCUT2D eigenvalue weighted by Gasteiger charge is 2.23. The normalized spacial score (nSPS) is 14.9. The Hall–Kier alpha value is -2.68. The van der Waals surface area contributed by atoms with Gasteiger partial charge in [0.2, 0.25) is 0 Å². The summed E-state index contributed by atoms with van der Waals surface area (Å²) in [6.07, 6.45) is 5.77. The molecule has 1 fully saturated rings. The van der Waals surface area contributed by atoms with Gasteiger partial charge in [0.1, 0.15) is 17.3 Å². The highest BCUT2D eigenvalue weighted by molar-refractivity contribution is 7.96. The molecule has 0 aliphatic carbocycles. The summed E-state index contributed by atoms with van der Waals surface area (Å²) in [6, 6.07) is 11.5. The third kappa shape index (κ3) is 5.63. The van der Waals surface area contributed by atoms with Gasteiger partial charge >= 0.3 is 0 Å². The van der Waals surface area contributed by atoms with Crippen LogP contribution < -0.4 is 11.1 Å². The molecule has 4 rings (SSSR count). The van der Waals surface area contributed by atoms with Gasteiger partial charge in [-0.15, -0.1) is 0 Å². The van der Waals surface area contributed by atoms with E-state index in [0.29, 0.717) is 22.2 Å². The zero-order valence-electron chi connectivity index (χ0n) is 18.2. The molecule has 1 aliphatic rings. The van der Waals surface area contributed by atoms with Crippen LogP contribution in [0.2, 0.25) is 5.02 Å². The van der Waals surface area contributed by atoms with Crippen LogP contribution in [0.3, 0.4) is 0 Å². The van der Waals surface area contributed by atoms with E-state index < -0.39 is 11.7 Å². The van der Waals surface area contributed by atoms with Gasteiger partial charge in [-0.25, -0.2) is 14.4 Å². The SMILES string of the molecule is CSN1CCC(c2cnc(N)c(-c3ccc(C(=O)NCc4cccc(Cl)c4)c(F)c3)n2)CC1. The molecule has 1 aromatic heterocycles. The van der Waals surface area contributed by atoms with Crippen molar-refractivity contribution in [3.8, 4) is 11.3 Å². The van der Waals surface area contributed by atoms with Gasteiger partial charge in [-0.1, -0.05) is 41.7 Å².